The summed E-state index contributed by atoms with van der Waals surface area (Å²) in [5, 5.41) is 15.1. The molecule has 0 radical (unpaired) electrons. The highest BCUT2D eigenvalue weighted by atomic mass is 19.1. The van der Waals surface area contributed by atoms with Crippen LogP contribution in [-0.2, 0) is 4.79 Å². The number of nitriles is 1. The minimum Gasteiger partial charge on any atom is -0.348 e. The summed E-state index contributed by atoms with van der Waals surface area (Å²) in [5.41, 5.74) is 0.932. The van der Waals surface area contributed by atoms with Crippen molar-refractivity contribution < 1.29 is 14.0 Å². The van der Waals surface area contributed by atoms with E-state index in [1.807, 2.05) is 19.1 Å². The van der Waals surface area contributed by atoms with Gasteiger partial charge in [0.25, 0.3) is 5.91 Å². The zero-order valence-corrected chi connectivity index (χ0v) is 15.7. The van der Waals surface area contributed by atoms with Crippen molar-refractivity contribution in [2.24, 2.45) is 5.41 Å². The maximum Gasteiger partial charge on any atom is 0.255 e. The van der Waals surface area contributed by atoms with Gasteiger partial charge in [-0.25, -0.2) is 4.39 Å². The fourth-order valence-electron chi connectivity index (χ4n) is 3.45. The molecule has 1 fully saturated rings. The van der Waals surface area contributed by atoms with Crippen LogP contribution in [0.4, 0.5) is 10.1 Å². The number of nitrogens with zero attached hydrogens (tertiary/aromatic N) is 1. The number of nitrogens with one attached hydrogen (secondary N) is 2. The summed E-state index contributed by atoms with van der Waals surface area (Å²) in [4.78, 5) is 24.7. The van der Waals surface area contributed by atoms with Gasteiger partial charge >= 0.3 is 0 Å². The van der Waals surface area contributed by atoms with Crippen molar-refractivity contribution >= 4 is 17.5 Å². The molecule has 2 N–H and O–H groups in total. The van der Waals surface area contributed by atoms with Crippen molar-refractivity contribution in [1.29, 1.82) is 5.26 Å². The Bertz CT molecular complexity index is 895. The fourth-order valence-corrected chi connectivity index (χ4v) is 3.45. The van der Waals surface area contributed by atoms with Crippen LogP contribution in [0, 0.1) is 22.6 Å². The molecule has 0 aliphatic heterocycles. The first-order chi connectivity index (χ1) is 13.4. The SMILES string of the molecule is CC(NC(=O)C1(C#N)CCCC1)c1ccc(NC(=O)c2ccc(F)cc2)cc1. The van der Waals surface area contributed by atoms with E-state index < -0.39 is 11.2 Å². The Morgan fingerprint density at radius 2 is 1.68 bits per heavy atom. The molecule has 5 nitrogen and oxygen atoms in total. The van der Waals surface area contributed by atoms with E-state index in [0.717, 1.165) is 18.4 Å². The van der Waals surface area contributed by atoms with Crippen LogP contribution >= 0.6 is 0 Å². The number of benzene rings is 2. The lowest BCUT2D eigenvalue weighted by Crippen LogP contribution is -2.39. The number of hydrogen-bond donors (Lipinski definition) is 2. The maximum absolute atomic E-state index is 13.0. The van der Waals surface area contributed by atoms with Crippen molar-refractivity contribution in [2.75, 3.05) is 5.32 Å². The molecule has 0 aromatic heterocycles. The smallest absolute Gasteiger partial charge is 0.255 e. The Morgan fingerprint density at radius 3 is 2.25 bits per heavy atom. The minimum atomic E-state index is -0.905. The van der Waals surface area contributed by atoms with Crippen LogP contribution in [0.3, 0.4) is 0 Å². The highest BCUT2D eigenvalue weighted by molar-refractivity contribution is 6.04. The minimum absolute atomic E-state index is 0.214. The molecule has 0 saturated heterocycles. The molecule has 6 heteroatoms. The summed E-state index contributed by atoms with van der Waals surface area (Å²) in [6.45, 7) is 1.87. The van der Waals surface area contributed by atoms with Crippen LogP contribution in [0.2, 0.25) is 0 Å². The molecule has 1 saturated carbocycles. The molecule has 2 aromatic carbocycles. The quantitative estimate of drug-likeness (QED) is 0.811. The number of halogens is 1. The molecular formula is C22H22FN3O2. The van der Waals surface area contributed by atoms with Crippen molar-refractivity contribution in [1.82, 2.24) is 5.32 Å². The highest BCUT2D eigenvalue weighted by Gasteiger charge is 2.41. The summed E-state index contributed by atoms with van der Waals surface area (Å²) in [5.74, 6) is -0.937. The second kappa shape index (κ2) is 8.22. The number of carbonyl (C=O) groups excluding carboxylic acids is 2. The predicted octanol–water partition coefficient (Wildman–Crippen LogP) is 4.34. The Morgan fingerprint density at radius 1 is 1.07 bits per heavy atom. The summed E-state index contributed by atoms with van der Waals surface area (Å²) >= 11 is 0. The van der Waals surface area contributed by atoms with E-state index in [4.69, 9.17) is 0 Å². The van der Waals surface area contributed by atoms with Crippen molar-refractivity contribution in [3.8, 4) is 6.07 Å². The van der Waals surface area contributed by atoms with E-state index in [1.54, 1.807) is 12.1 Å². The van der Waals surface area contributed by atoms with Crippen molar-refractivity contribution in [2.45, 2.75) is 38.6 Å². The number of hydrogen-bond acceptors (Lipinski definition) is 3. The lowest BCUT2D eigenvalue weighted by molar-refractivity contribution is -0.128. The van der Waals surface area contributed by atoms with Crippen LogP contribution in [0.5, 0.6) is 0 Å². The van der Waals surface area contributed by atoms with E-state index >= 15 is 0 Å². The maximum atomic E-state index is 13.0. The first kappa shape index (κ1) is 19.6. The molecular weight excluding hydrogens is 357 g/mol. The Kier molecular flexibility index (Phi) is 5.74. The van der Waals surface area contributed by atoms with E-state index in [1.165, 1.54) is 24.3 Å². The molecule has 1 aliphatic carbocycles. The van der Waals surface area contributed by atoms with Crippen LogP contribution in [0.15, 0.2) is 48.5 Å². The third-order valence-electron chi connectivity index (χ3n) is 5.23. The standard InChI is InChI=1S/C22H22FN3O2/c1-15(25-21(28)22(14-24)12-2-3-13-22)16-6-10-19(11-7-16)26-20(27)17-4-8-18(23)9-5-17/h4-11,15H,2-3,12-13H2,1H3,(H,25,28)(H,26,27). The van der Waals surface area contributed by atoms with Crippen LogP contribution in [0.25, 0.3) is 0 Å². The fraction of sp³-hybridized carbons (Fsp3) is 0.318. The molecule has 144 valence electrons. The Labute approximate surface area is 163 Å². The zero-order chi connectivity index (χ0) is 20.1. The second-order valence-corrected chi connectivity index (χ2v) is 7.18. The third kappa shape index (κ3) is 4.20. The highest BCUT2D eigenvalue weighted by Crippen LogP contribution is 2.38. The normalized spacial score (nSPS) is 16.0. The Hall–Kier alpha value is -3.20. The topological polar surface area (TPSA) is 82.0 Å². The summed E-state index contributed by atoms with van der Waals surface area (Å²) in [6.07, 6.45) is 3.02. The second-order valence-electron chi connectivity index (χ2n) is 7.18. The Balaban J connectivity index is 1.62. The van der Waals surface area contributed by atoms with Crippen LogP contribution < -0.4 is 10.6 Å². The van der Waals surface area contributed by atoms with E-state index in [9.17, 15) is 19.2 Å². The number of rotatable bonds is 5. The molecule has 1 atom stereocenters. The van der Waals surface area contributed by atoms with Crippen LogP contribution in [-0.4, -0.2) is 11.8 Å². The zero-order valence-electron chi connectivity index (χ0n) is 15.7. The molecule has 1 unspecified atom stereocenters. The predicted molar refractivity (Wildman–Crippen MR) is 104 cm³/mol. The lowest BCUT2D eigenvalue weighted by atomic mass is 9.86. The summed E-state index contributed by atoms with van der Waals surface area (Å²) in [7, 11) is 0. The van der Waals surface area contributed by atoms with Crippen LogP contribution in [0.1, 0.15) is 54.6 Å². The molecule has 2 amide bonds. The van der Waals surface area contributed by atoms with Gasteiger partial charge in [0.05, 0.1) is 12.1 Å². The molecule has 0 bridgehead atoms. The molecule has 3 rings (SSSR count). The van der Waals surface area contributed by atoms with Gasteiger partial charge in [-0.05, 0) is 61.7 Å². The molecule has 2 aromatic rings. The monoisotopic (exact) mass is 379 g/mol. The van der Waals surface area contributed by atoms with Gasteiger partial charge in [-0.2, -0.15) is 5.26 Å². The molecule has 0 heterocycles. The number of amides is 2. The summed E-state index contributed by atoms with van der Waals surface area (Å²) < 4.78 is 13.0. The summed E-state index contributed by atoms with van der Waals surface area (Å²) in [6, 6.07) is 14.4. The third-order valence-corrected chi connectivity index (χ3v) is 5.23. The molecule has 1 aliphatic rings. The largest absolute Gasteiger partial charge is 0.348 e. The van der Waals surface area contributed by atoms with Gasteiger partial charge in [-0.15, -0.1) is 0 Å². The van der Waals surface area contributed by atoms with Gasteiger partial charge in [0, 0.05) is 11.3 Å². The van der Waals surface area contributed by atoms with Gasteiger partial charge in [0.1, 0.15) is 11.2 Å². The van der Waals surface area contributed by atoms with Gasteiger partial charge in [0.2, 0.25) is 5.91 Å². The van der Waals surface area contributed by atoms with E-state index in [-0.39, 0.29) is 17.9 Å². The van der Waals surface area contributed by atoms with Gasteiger partial charge < -0.3 is 10.6 Å². The van der Waals surface area contributed by atoms with Crippen molar-refractivity contribution in [3.63, 3.8) is 0 Å². The average molecular weight is 379 g/mol. The van der Waals surface area contributed by atoms with Gasteiger partial charge in [-0.1, -0.05) is 25.0 Å². The van der Waals surface area contributed by atoms with Gasteiger partial charge in [0.15, 0.2) is 0 Å². The lowest BCUT2D eigenvalue weighted by Gasteiger charge is -2.23. The molecule has 0 spiro atoms. The van der Waals surface area contributed by atoms with Crippen molar-refractivity contribution in [3.05, 3.63) is 65.5 Å². The first-order valence-corrected chi connectivity index (χ1v) is 9.33. The first-order valence-electron chi connectivity index (χ1n) is 9.33. The van der Waals surface area contributed by atoms with E-state index in [2.05, 4.69) is 16.7 Å². The number of anilines is 1. The number of carbonyl (C=O) groups is 2. The van der Waals surface area contributed by atoms with Gasteiger partial charge in [-0.3, -0.25) is 9.59 Å². The molecule has 28 heavy (non-hydrogen) atoms. The van der Waals surface area contributed by atoms with E-state index in [0.29, 0.717) is 24.1 Å². The average Bonchev–Trinajstić information content (AvgIpc) is 3.19.